The zero-order valence-electron chi connectivity index (χ0n) is 13.8. The molecule has 1 nitrogen and oxygen atoms in total. The van der Waals surface area contributed by atoms with Crippen LogP contribution in [0.1, 0.15) is 79.6 Å². The highest BCUT2D eigenvalue weighted by Crippen LogP contribution is 2.38. The van der Waals surface area contributed by atoms with Crippen molar-refractivity contribution in [1.82, 2.24) is 4.90 Å². The molecule has 0 aromatic carbocycles. The number of rotatable bonds is 10. The van der Waals surface area contributed by atoms with Gasteiger partial charge in [0.1, 0.15) is 0 Å². The molecule has 0 radical (unpaired) electrons. The Balaban J connectivity index is 4.43. The molecule has 0 aromatic rings. The van der Waals surface area contributed by atoms with E-state index in [1.54, 1.807) is 0 Å². The summed E-state index contributed by atoms with van der Waals surface area (Å²) >= 11 is 18.7. The van der Waals surface area contributed by atoms with E-state index in [0.29, 0.717) is 12.1 Å². The summed E-state index contributed by atoms with van der Waals surface area (Å²) < 4.78 is -1.21. The van der Waals surface area contributed by atoms with Gasteiger partial charge in [-0.05, 0) is 34.1 Å². The predicted molar refractivity (Wildman–Crippen MR) is 94.2 cm³/mol. The van der Waals surface area contributed by atoms with Crippen LogP contribution >= 0.6 is 34.8 Å². The summed E-state index contributed by atoms with van der Waals surface area (Å²) in [4.78, 5) is 2.33. The summed E-state index contributed by atoms with van der Waals surface area (Å²) in [6, 6.07) is 0.769. The first-order chi connectivity index (χ1) is 9.21. The number of halogens is 3. The lowest BCUT2D eigenvalue weighted by atomic mass is 10.0. The first kappa shape index (κ1) is 20.8. The molecule has 20 heavy (non-hydrogen) atoms. The summed E-state index contributed by atoms with van der Waals surface area (Å²) in [7, 11) is 0. The second-order valence-electron chi connectivity index (χ2n) is 6.25. The fraction of sp³-hybridized carbons (Fsp3) is 1.00. The molecule has 1 atom stereocenters. The molecule has 0 fully saturated rings. The molecule has 1 unspecified atom stereocenters. The molecule has 0 N–H and O–H groups in total. The van der Waals surface area contributed by atoms with Gasteiger partial charge < -0.3 is 0 Å². The molecule has 122 valence electrons. The molecule has 0 saturated heterocycles. The van der Waals surface area contributed by atoms with E-state index in [9.17, 15) is 0 Å². The van der Waals surface area contributed by atoms with Crippen LogP contribution in [-0.2, 0) is 0 Å². The second-order valence-corrected chi connectivity index (χ2v) is 8.62. The van der Waals surface area contributed by atoms with E-state index >= 15 is 0 Å². The van der Waals surface area contributed by atoms with Gasteiger partial charge in [0.2, 0.25) is 3.79 Å². The quantitative estimate of drug-likeness (QED) is 0.319. The first-order valence-electron chi connectivity index (χ1n) is 8.05. The summed E-state index contributed by atoms with van der Waals surface area (Å²) in [5.74, 6) is 0. The van der Waals surface area contributed by atoms with Crippen molar-refractivity contribution in [2.24, 2.45) is 0 Å². The third kappa shape index (κ3) is 8.32. The van der Waals surface area contributed by atoms with Crippen molar-refractivity contribution < 1.29 is 0 Å². The van der Waals surface area contributed by atoms with Gasteiger partial charge in [-0.1, -0.05) is 80.3 Å². The highest BCUT2D eigenvalue weighted by Gasteiger charge is 2.38. The van der Waals surface area contributed by atoms with E-state index < -0.39 is 3.79 Å². The Kier molecular flexibility index (Phi) is 11.0. The third-order valence-electron chi connectivity index (χ3n) is 3.76. The molecule has 0 saturated carbocycles. The Hall–Kier alpha value is 0.830. The van der Waals surface area contributed by atoms with Gasteiger partial charge in [-0.3, -0.25) is 4.90 Å². The summed E-state index contributed by atoms with van der Waals surface area (Å²) in [6.07, 6.45) is 8.57. The lowest BCUT2D eigenvalue weighted by Gasteiger charge is -2.41. The maximum atomic E-state index is 6.23. The van der Waals surface area contributed by atoms with Crippen LogP contribution in [0.2, 0.25) is 0 Å². The van der Waals surface area contributed by atoms with Gasteiger partial charge in [0.05, 0.1) is 6.04 Å². The van der Waals surface area contributed by atoms with Gasteiger partial charge in [0.15, 0.2) is 0 Å². The van der Waals surface area contributed by atoms with Crippen molar-refractivity contribution in [3.05, 3.63) is 0 Å². The minimum atomic E-state index is -1.21. The minimum absolute atomic E-state index is 0.00123. The maximum Gasteiger partial charge on any atom is 0.205 e. The predicted octanol–water partition coefficient (Wildman–Crippen LogP) is 6.59. The molecule has 0 aromatic heterocycles. The zero-order valence-corrected chi connectivity index (χ0v) is 16.0. The van der Waals surface area contributed by atoms with Crippen molar-refractivity contribution in [3.8, 4) is 0 Å². The van der Waals surface area contributed by atoms with Crippen LogP contribution in [0.15, 0.2) is 0 Å². The Morgan fingerprint density at radius 3 is 1.65 bits per heavy atom. The second kappa shape index (κ2) is 10.5. The Labute approximate surface area is 141 Å². The fourth-order valence-corrected chi connectivity index (χ4v) is 3.58. The van der Waals surface area contributed by atoms with Crippen LogP contribution in [0.5, 0.6) is 0 Å². The monoisotopic (exact) mass is 343 g/mol. The summed E-state index contributed by atoms with van der Waals surface area (Å²) in [6.45, 7) is 10.9. The SMILES string of the molecule is CCCCCCCCC(N(C(C)C)C(C)C)C(Cl)(Cl)Cl. The van der Waals surface area contributed by atoms with Crippen molar-refractivity contribution in [2.75, 3.05) is 0 Å². The van der Waals surface area contributed by atoms with Gasteiger partial charge in [-0.2, -0.15) is 0 Å². The lowest BCUT2D eigenvalue weighted by Crippen LogP contribution is -2.51. The molecule has 0 aliphatic heterocycles. The molecule has 0 rings (SSSR count). The minimum Gasteiger partial charge on any atom is -0.291 e. The Bertz CT molecular complexity index is 228. The maximum absolute atomic E-state index is 6.23. The van der Waals surface area contributed by atoms with E-state index in [2.05, 4.69) is 39.5 Å². The van der Waals surface area contributed by atoms with Crippen LogP contribution in [0, 0.1) is 0 Å². The Morgan fingerprint density at radius 2 is 1.25 bits per heavy atom. The van der Waals surface area contributed by atoms with Crippen LogP contribution in [0.4, 0.5) is 0 Å². The standard InChI is InChI=1S/C16H32Cl3N/c1-6-7-8-9-10-11-12-15(16(17,18)19)20(13(2)3)14(4)5/h13-15H,6-12H2,1-5H3. The van der Waals surface area contributed by atoms with Gasteiger partial charge in [-0.15, -0.1) is 0 Å². The Morgan fingerprint density at radius 1 is 0.800 bits per heavy atom. The van der Waals surface area contributed by atoms with Crippen molar-refractivity contribution in [3.63, 3.8) is 0 Å². The number of alkyl halides is 3. The average molecular weight is 345 g/mol. The normalized spacial score (nSPS) is 14.6. The van der Waals surface area contributed by atoms with E-state index in [-0.39, 0.29) is 6.04 Å². The first-order valence-corrected chi connectivity index (χ1v) is 9.19. The van der Waals surface area contributed by atoms with E-state index in [1.165, 1.54) is 32.1 Å². The lowest BCUT2D eigenvalue weighted by molar-refractivity contribution is 0.106. The van der Waals surface area contributed by atoms with Gasteiger partial charge in [-0.25, -0.2) is 0 Å². The average Bonchev–Trinajstić information content (AvgIpc) is 2.29. The van der Waals surface area contributed by atoms with Crippen LogP contribution < -0.4 is 0 Å². The van der Waals surface area contributed by atoms with Crippen molar-refractivity contribution in [1.29, 1.82) is 0 Å². The van der Waals surface area contributed by atoms with Crippen LogP contribution in [-0.4, -0.2) is 26.8 Å². The molecule has 0 aliphatic rings. The van der Waals surface area contributed by atoms with Crippen molar-refractivity contribution >= 4 is 34.8 Å². The van der Waals surface area contributed by atoms with E-state index in [4.69, 9.17) is 34.8 Å². The largest absolute Gasteiger partial charge is 0.291 e. The molecule has 0 heterocycles. The van der Waals surface area contributed by atoms with E-state index in [1.807, 2.05) is 0 Å². The summed E-state index contributed by atoms with van der Waals surface area (Å²) in [5.41, 5.74) is 0. The topological polar surface area (TPSA) is 3.24 Å². The van der Waals surface area contributed by atoms with Gasteiger partial charge in [0, 0.05) is 12.1 Å². The number of unbranched alkanes of at least 4 members (excludes halogenated alkanes) is 5. The number of hydrogen-bond acceptors (Lipinski definition) is 1. The molecule has 0 spiro atoms. The smallest absolute Gasteiger partial charge is 0.205 e. The van der Waals surface area contributed by atoms with Crippen LogP contribution in [0.3, 0.4) is 0 Å². The third-order valence-corrected chi connectivity index (χ3v) is 4.52. The zero-order chi connectivity index (χ0) is 15.8. The molecule has 4 heteroatoms. The fourth-order valence-electron chi connectivity index (χ4n) is 2.92. The highest BCUT2D eigenvalue weighted by atomic mass is 35.6. The van der Waals surface area contributed by atoms with Gasteiger partial charge >= 0.3 is 0 Å². The van der Waals surface area contributed by atoms with Crippen LogP contribution in [0.25, 0.3) is 0 Å². The molecule has 0 aliphatic carbocycles. The highest BCUT2D eigenvalue weighted by molar-refractivity contribution is 6.68. The molecular weight excluding hydrogens is 313 g/mol. The number of hydrogen-bond donors (Lipinski definition) is 0. The number of nitrogens with zero attached hydrogens (tertiary/aromatic N) is 1. The molecule has 0 bridgehead atoms. The molecule has 0 amide bonds. The molecular formula is C16H32Cl3N. The van der Waals surface area contributed by atoms with Gasteiger partial charge in [0.25, 0.3) is 0 Å². The summed E-state index contributed by atoms with van der Waals surface area (Å²) in [5, 5.41) is 0. The van der Waals surface area contributed by atoms with E-state index in [0.717, 1.165) is 12.8 Å². The van der Waals surface area contributed by atoms with Crippen molar-refractivity contribution in [2.45, 2.75) is 101 Å².